The fraction of sp³-hybridized carbons (Fsp3) is 0.360. The Kier molecular flexibility index (Phi) is 6.80. The van der Waals surface area contributed by atoms with Gasteiger partial charge in [0.1, 0.15) is 5.82 Å². The van der Waals surface area contributed by atoms with Crippen molar-refractivity contribution in [2.24, 2.45) is 5.92 Å². The number of nitrogens with one attached hydrogen (secondary N) is 1. The highest BCUT2D eigenvalue weighted by Crippen LogP contribution is 2.20. The highest BCUT2D eigenvalue weighted by Gasteiger charge is 2.20. The van der Waals surface area contributed by atoms with Crippen LogP contribution in [-0.2, 0) is 13.1 Å². The van der Waals surface area contributed by atoms with Crippen molar-refractivity contribution < 1.29 is 9.18 Å². The first-order valence-corrected chi connectivity index (χ1v) is 11.9. The van der Waals surface area contributed by atoms with Crippen molar-refractivity contribution in [2.75, 3.05) is 0 Å². The zero-order valence-electron chi connectivity index (χ0n) is 20.0. The Hall–Kier alpha value is -3.46. The van der Waals surface area contributed by atoms with Gasteiger partial charge in [-0.25, -0.2) is 18.3 Å². The van der Waals surface area contributed by atoms with Crippen LogP contribution in [0.4, 0.5) is 4.39 Å². The molecule has 0 saturated carbocycles. The Morgan fingerprint density at radius 1 is 1.14 bits per heavy atom. The summed E-state index contributed by atoms with van der Waals surface area (Å²) < 4.78 is 18.3. The summed E-state index contributed by atoms with van der Waals surface area (Å²) in [5, 5.41) is 7.67. The maximum Gasteiger partial charge on any atom is 0.352 e. The van der Waals surface area contributed by atoms with Crippen molar-refractivity contribution >= 4 is 34.2 Å². The van der Waals surface area contributed by atoms with Gasteiger partial charge >= 0.3 is 5.69 Å². The van der Waals surface area contributed by atoms with Crippen LogP contribution in [0.2, 0.25) is 5.02 Å². The van der Waals surface area contributed by atoms with Gasteiger partial charge in [0, 0.05) is 28.7 Å². The number of hydrogen-bond acceptors (Lipinski definition) is 4. The highest BCUT2D eigenvalue weighted by molar-refractivity contribution is 6.31. The summed E-state index contributed by atoms with van der Waals surface area (Å²) in [4.78, 5) is 39.5. The van der Waals surface area contributed by atoms with Crippen LogP contribution < -0.4 is 16.6 Å². The summed E-state index contributed by atoms with van der Waals surface area (Å²) in [5.74, 6) is -0.443. The number of nitrogens with zero attached hydrogens (tertiary/aromatic N) is 4. The standard InChI is InChI=1S/C25H27ClFN5O3/c1-14(2)10-11-30-23(34)17-9-8-16(22(33)28-15(3)4)12-21(17)32-24(30)29-31(25(32)35)13-18-19(26)6-5-7-20(18)27/h5-9,12,14-15H,10-11,13H2,1-4H3,(H,28,33). The molecule has 0 spiro atoms. The van der Waals surface area contributed by atoms with E-state index in [1.807, 2.05) is 27.7 Å². The number of aryl methyl sites for hydroxylation is 1. The molecule has 35 heavy (non-hydrogen) atoms. The van der Waals surface area contributed by atoms with E-state index in [1.54, 1.807) is 12.1 Å². The molecule has 8 nitrogen and oxygen atoms in total. The van der Waals surface area contributed by atoms with E-state index in [0.717, 1.165) is 4.68 Å². The zero-order chi connectivity index (χ0) is 25.4. The molecule has 10 heteroatoms. The smallest absolute Gasteiger partial charge is 0.350 e. The molecule has 4 rings (SSSR count). The van der Waals surface area contributed by atoms with Crippen LogP contribution in [0.5, 0.6) is 0 Å². The Labute approximate surface area is 205 Å². The lowest BCUT2D eigenvalue weighted by Crippen LogP contribution is -2.31. The quantitative estimate of drug-likeness (QED) is 0.418. The van der Waals surface area contributed by atoms with Crippen LogP contribution in [0, 0.1) is 11.7 Å². The molecule has 0 unspecified atom stereocenters. The fourth-order valence-corrected chi connectivity index (χ4v) is 4.15. The lowest BCUT2D eigenvalue weighted by Gasteiger charge is -2.12. The van der Waals surface area contributed by atoms with E-state index >= 15 is 0 Å². The average molecular weight is 500 g/mol. The number of amides is 1. The molecule has 0 fully saturated rings. The maximum atomic E-state index is 14.4. The number of halogens is 2. The third-order valence-electron chi connectivity index (χ3n) is 5.76. The second-order valence-electron chi connectivity index (χ2n) is 9.28. The van der Waals surface area contributed by atoms with Gasteiger partial charge in [-0.15, -0.1) is 5.10 Å². The topological polar surface area (TPSA) is 90.4 Å². The second-order valence-corrected chi connectivity index (χ2v) is 9.68. The largest absolute Gasteiger partial charge is 0.352 e. The molecule has 2 aromatic carbocycles. The Bertz CT molecular complexity index is 1530. The summed E-state index contributed by atoms with van der Waals surface area (Å²) >= 11 is 6.17. The van der Waals surface area contributed by atoms with Gasteiger partial charge < -0.3 is 5.32 Å². The highest BCUT2D eigenvalue weighted by atomic mass is 35.5. The first kappa shape index (κ1) is 24.7. The van der Waals surface area contributed by atoms with Crippen molar-refractivity contribution in [3.05, 3.63) is 79.2 Å². The van der Waals surface area contributed by atoms with E-state index in [4.69, 9.17) is 11.6 Å². The van der Waals surface area contributed by atoms with Crippen molar-refractivity contribution in [2.45, 2.75) is 53.2 Å². The van der Waals surface area contributed by atoms with E-state index < -0.39 is 11.5 Å². The van der Waals surface area contributed by atoms with Crippen LogP contribution in [0.15, 0.2) is 46.0 Å². The van der Waals surface area contributed by atoms with E-state index in [1.165, 1.54) is 33.2 Å². The number of carbonyl (C=O) groups is 1. The molecule has 0 aliphatic heterocycles. The molecule has 0 aliphatic rings. The van der Waals surface area contributed by atoms with Crippen LogP contribution in [-0.4, -0.2) is 30.7 Å². The number of aromatic nitrogens is 4. The van der Waals surface area contributed by atoms with Gasteiger partial charge in [0.25, 0.3) is 11.5 Å². The molecule has 0 bridgehead atoms. The molecule has 0 aliphatic carbocycles. The summed E-state index contributed by atoms with van der Waals surface area (Å²) in [6.45, 7) is 7.89. The van der Waals surface area contributed by atoms with E-state index in [0.29, 0.717) is 24.4 Å². The molecule has 4 aromatic rings. The zero-order valence-corrected chi connectivity index (χ0v) is 20.8. The monoisotopic (exact) mass is 499 g/mol. The van der Waals surface area contributed by atoms with Crippen LogP contribution in [0.1, 0.15) is 50.0 Å². The van der Waals surface area contributed by atoms with Crippen LogP contribution in [0.3, 0.4) is 0 Å². The van der Waals surface area contributed by atoms with Gasteiger partial charge in [-0.2, -0.15) is 0 Å². The molecular formula is C25H27ClFN5O3. The van der Waals surface area contributed by atoms with Crippen molar-refractivity contribution in [1.82, 2.24) is 24.1 Å². The lowest BCUT2D eigenvalue weighted by atomic mass is 10.1. The molecular weight excluding hydrogens is 473 g/mol. The van der Waals surface area contributed by atoms with Gasteiger partial charge in [0.05, 0.1) is 17.4 Å². The van der Waals surface area contributed by atoms with Gasteiger partial charge in [0.2, 0.25) is 5.78 Å². The summed E-state index contributed by atoms with van der Waals surface area (Å²) in [6.07, 6.45) is 0.691. The van der Waals surface area contributed by atoms with Gasteiger partial charge in [0.15, 0.2) is 0 Å². The fourth-order valence-electron chi connectivity index (χ4n) is 3.93. The molecule has 1 amide bonds. The Morgan fingerprint density at radius 2 is 1.89 bits per heavy atom. The number of fused-ring (bicyclic) bond motifs is 3. The molecule has 184 valence electrons. The Morgan fingerprint density at radius 3 is 2.54 bits per heavy atom. The molecule has 2 heterocycles. The van der Waals surface area contributed by atoms with E-state index in [-0.39, 0.29) is 51.3 Å². The number of carbonyl (C=O) groups excluding carboxylic acids is 1. The molecule has 0 saturated heterocycles. The van der Waals surface area contributed by atoms with Gasteiger partial charge in [-0.1, -0.05) is 31.5 Å². The predicted molar refractivity (Wildman–Crippen MR) is 134 cm³/mol. The first-order chi connectivity index (χ1) is 16.6. The van der Waals surface area contributed by atoms with Crippen LogP contribution >= 0.6 is 11.6 Å². The predicted octanol–water partition coefficient (Wildman–Crippen LogP) is 3.84. The van der Waals surface area contributed by atoms with Crippen molar-refractivity contribution in [3.8, 4) is 0 Å². The summed E-state index contributed by atoms with van der Waals surface area (Å²) in [6, 6.07) is 8.82. The summed E-state index contributed by atoms with van der Waals surface area (Å²) in [5.41, 5.74) is -0.187. The van der Waals surface area contributed by atoms with Crippen molar-refractivity contribution in [3.63, 3.8) is 0 Å². The van der Waals surface area contributed by atoms with Crippen molar-refractivity contribution in [1.29, 1.82) is 0 Å². The molecule has 0 radical (unpaired) electrons. The second kappa shape index (κ2) is 9.65. The average Bonchev–Trinajstić information content (AvgIpc) is 3.11. The third kappa shape index (κ3) is 4.73. The molecule has 1 N–H and O–H groups in total. The minimum Gasteiger partial charge on any atom is -0.350 e. The molecule has 2 aromatic heterocycles. The lowest BCUT2D eigenvalue weighted by molar-refractivity contribution is 0.0943. The maximum absolute atomic E-state index is 14.4. The number of hydrogen-bond donors (Lipinski definition) is 1. The van der Waals surface area contributed by atoms with Gasteiger partial charge in [-0.3, -0.25) is 14.2 Å². The van der Waals surface area contributed by atoms with Crippen LogP contribution in [0.25, 0.3) is 16.7 Å². The first-order valence-electron chi connectivity index (χ1n) is 11.5. The third-order valence-corrected chi connectivity index (χ3v) is 6.11. The minimum atomic E-state index is -0.566. The van der Waals surface area contributed by atoms with Gasteiger partial charge in [-0.05, 0) is 56.5 Å². The molecule has 0 atom stereocenters. The Balaban J connectivity index is 1.99. The summed E-state index contributed by atoms with van der Waals surface area (Å²) in [7, 11) is 0. The minimum absolute atomic E-state index is 0.0850. The SMILES string of the molecule is CC(C)CCn1c(=O)c2ccc(C(=O)NC(C)C)cc2n2c(=O)n(Cc3c(F)cccc3Cl)nc12. The number of benzene rings is 2. The van der Waals surface area contributed by atoms with E-state index in [9.17, 15) is 18.8 Å². The number of rotatable bonds is 7. The van der Waals surface area contributed by atoms with E-state index in [2.05, 4.69) is 10.4 Å². The normalized spacial score (nSPS) is 11.8.